The first-order valence-corrected chi connectivity index (χ1v) is 11.4. The minimum absolute atomic E-state index is 0.0682. The van der Waals surface area contributed by atoms with E-state index < -0.39 is 0 Å². The summed E-state index contributed by atoms with van der Waals surface area (Å²) in [6, 6.07) is 13.7. The SMILES string of the molecule is Cc1cccc(Nc2ncnc3ccc(NC(=O)CN4CCN(C(=O)C5CC5)CC4)cc23)c1. The zero-order chi connectivity index (χ0) is 22.8. The molecule has 0 spiro atoms. The van der Waals surface area contributed by atoms with Gasteiger partial charge in [-0.1, -0.05) is 12.1 Å². The van der Waals surface area contributed by atoms with Gasteiger partial charge in [0.15, 0.2) is 0 Å². The lowest BCUT2D eigenvalue weighted by atomic mass is 10.2. The molecule has 2 heterocycles. The number of amides is 2. The van der Waals surface area contributed by atoms with Crippen LogP contribution in [0.25, 0.3) is 10.9 Å². The molecule has 2 amide bonds. The lowest BCUT2D eigenvalue weighted by Crippen LogP contribution is -2.50. The summed E-state index contributed by atoms with van der Waals surface area (Å²) in [5.41, 5.74) is 3.61. The molecule has 1 saturated carbocycles. The second-order valence-electron chi connectivity index (χ2n) is 8.87. The van der Waals surface area contributed by atoms with E-state index in [1.54, 1.807) is 0 Å². The van der Waals surface area contributed by atoms with Gasteiger partial charge in [0.1, 0.15) is 12.1 Å². The molecule has 1 aliphatic carbocycles. The van der Waals surface area contributed by atoms with Gasteiger partial charge in [-0.25, -0.2) is 9.97 Å². The van der Waals surface area contributed by atoms with Crippen LogP contribution in [0.5, 0.6) is 0 Å². The molecular weight excluding hydrogens is 416 g/mol. The quantitative estimate of drug-likeness (QED) is 0.607. The molecule has 1 aromatic heterocycles. The summed E-state index contributed by atoms with van der Waals surface area (Å²) in [5, 5.41) is 7.19. The summed E-state index contributed by atoms with van der Waals surface area (Å²) in [6.45, 7) is 5.20. The Labute approximate surface area is 193 Å². The second-order valence-corrected chi connectivity index (χ2v) is 8.87. The second kappa shape index (κ2) is 9.15. The normalized spacial score (nSPS) is 16.6. The molecule has 0 atom stereocenters. The predicted molar refractivity (Wildman–Crippen MR) is 128 cm³/mol. The van der Waals surface area contributed by atoms with Crippen LogP contribution in [0.15, 0.2) is 48.8 Å². The van der Waals surface area contributed by atoms with Gasteiger partial charge in [0.05, 0.1) is 12.1 Å². The van der Waals surface area contributed by atoms with E-state index in [4.69, 9.17) is 0 Å². The van der Waals surface area contributed by atoms with Crippen LogP contribution >= 0.6 is 0 Å². The Morgan fingerprint density at radius 1 is 1.00 bits per heavy atom. The number of hydrogen-bond donors (Lipinski definition) is 2. The molecule has 0 bridgehead atoms. The van der Waals surface area contributed by atoms with Gasteiger partial charge in [-0.05, 0) is 55.7 Å². The number of carbonyl (C=O) groups is 2. The van der Waals surface area contributed by atoms with Gasteiger partial charge >= 0.3 is 0 Å². The van der Waals surface area contributed by atoms with E-state index in [1.807, 2.05) is 48.2 Å². The van der Waals surface area contributed by atoms with Crippen molar-refractivity contribution in [3.05, 3.63) is 54.4 Å². The molecule has 1 saturated heterocycles. The van der Waals surface area contributed by atoms with Crippen LogP contribution in [0.4, 0.5) is 17.2 Å². The van der Waals surface area contributed by atoms with Crippen LogP contribution in [-0.4, -0.2) is 64.3 Å². The molecule has 170 valence electrons. The molecule has 2 fully saturated rings. The van der Waals surface area contributed by atoms with E-state index in [9.17, 15) is 9.59 Å². The molecule has 8 heteroatoms. The number of aromatic nitrogens is 2. The highest BCUT2D eigenvalue weighted by Gasteiger charge is 2.34. The largest absolute Gasteiger partial charge is 0.340 e. The number of anilines is 3. The van der Waals surface area contributed by atoms with Gasteiger partial charge < -0.3 is 15.5 Å². The summed E-state index contributed by atoms with van der Waals surface area (Å²) < 4.78 is 0. The van der Waals surface area contributed by atoms with Gasteiger partial charge in [0.25, 0.3) is 0 Å². The van der Waals surface area contributed by atoms with Gasteiger partial charge in [0, 0.05) is 48.9 Å². The Bertz CT molecular complexity index is 1180. The Hall–Kier alpha value is -3.52. The molecular formula is C25H28N6O2. The van der Waals surface area contributed by atoms with E-state index in [-0.39, 0.29) is 17.7 Å². The van der Waals surface area contributed by atoms with Gasteiger partial charge in [-0.2, -0.15) is 0 Å². The highest BCUT2D eigenvalue weighted by molar-refractivity contribution is 5.98. The predicted octanol–water partition coefficient (Wildman–Crippen LogP) is 3.17. The molecule has 2 aliphatic rings. The number of aryl methyl sites for hydroxylation is 1. The summed E-state index contributed by atoms with van der Waals surface area (Å²) in [6.07, 6.45) is 3.59. The smallest absolute Gasteiger partial charge is 0.238 e. The minimum atomic E-state index is -0.0682. The van der Waals surface area contributed by atoms with Crippen LogP contribution in [0.1, 0.15) is 18.4 Å². The van der Waals surface area contributed by atoms with Gasteiger partial charge in [-0.15, -0.1) is 0 Å². The third-order valence-electron chi connectivity index (χ3n) is 6.18. The van der Waals surface area contributed by atoms with Crippen LogP contribution < -0.4 is 10.6 Å². The van der Waals surface area contributed by atoms with Crippen molar-refractivity contribution in [1.29, 1.82) is 0 Å². The van der Waals surface area contributed by atoms with E-state index in [0.717, 1.165) is 48.1 Å². The number of benzene rings is 2. The molecule has 2 N–H and O–H groups in total. The van der Waals surface area contributed by atoms with Crippen molar-refractivity contribution in [2.24, 2.45) is 5.92 Å². The molecule has 3 aromatic rings. The topological polar surface area (TPSA) is 90.5 Å². The zero-order valence-corrected chi connectivity index (χ0v) is 18.8. The fourth-order valence-corrected chi connectivity index (χ4v) is 4.21. The van der Waals surface area contributed by atoms with Gasteiger partial charge in [0.2, 0.25) is 11.8 Å². The molecule has 1 aliphatic heterocycles. The maximum absolute atomic E-state index is 12.7. The fraction of sp³-hybridized carbons (Fsp3) is 0.360. The van der Waals surface area contributed by atoms with Crippen LogP contribution in [0, 0.1) is 12.8 Å². The highest BCUT2D eigenvalue weighted by atomic mass is 16.2. The van der Waals surface area contributed by atoms with Crippen LogP contribution in [-0.2, 0) is 9.59 Å². The van der Waals surface area contributed by atoms with E-state index in [1.165, 1.54) is 6.33 Å². The van der Waals surface area contributed by atoms with Crippen molar-refractivity contribution < 1.29 is 9.59 Å². The average molecular weight is 445 g/mol. The first-order valence-electron chi connectivity index (χ1n) is 11.4. The summed E-state index contributed by atoms with van der Waals surface area (Å²) in [4.78, 5) is 37.7. The number of carbonyl (C=O) groups excluding carboxylic acids is 2. The van der Waals surface area contributed by atoms with E-state index in [2.05, 4.69) is 31.6 Å². The molecule has 2 aromatic carbocycles. The van der Waals surface area contributed by atoms with Crippen molar-refractivity contribution in [2.45, 2.75) is 19.8 Å². The van der Waals surface area contributed by atoms with Crippen molar-refractivity contribution in [3.8, 4) is 0 Å². The van der Waals surface area contributed by atoms with Crippen molar-refractivity contribution in [1.82, 2.24) is 19.8 Å². The number of nitrogens with zero attached hydrogens (tertiary/aromatic N) is 4. The van der Waals surface area contributed by atoms with E-state index in [0.29, 0.717) is 31.1 Å². The Balaban J connectivity index is 1.22. The average Bonchev–Trinajstić information content (AvgIpc) is 3.65. The Morgan fingerprint density at radius 3 is 2.58 bits per heavy atom. The van der Waals surface area contributed by atoms with Crippen LogP contribution in [0.3, 0.4) is 0 Å². The number of fused-ring (bicyclic) bond motifs is 1. The molecule has 8 nitrogen and oxygen atoms in total. The fourth-order valence-electron chi connectivity index (χ4n) is 4.21. The van der Waals surface area contributed by atoms with Crippen LogP contribution in [0.2, 0.25) is 0 Å². The highest BCUT2D eigenvalue weighted by Crippen LogP contribution is 2.31. The Kier molecular flexibility index (Phi) is 5.92. The molecule has 33 heavy (non-hydrogen) atoms. The third-order valence-corrected chi connectivity index (χ3v) is 6.18. The van der Waals surface area contributed by atoms with Crippen molar-refractivity contribution in [2.75, 3.05) is 43.4 Å². The summed E-state index contributed by atoms with van der Waals surface area (Å²) >= 11 is 0. The first kappa shape index (κ1) is 21.3. The lowest BCUT2D eigenvalue weighted by molar-refractivity contribution is -0.134. The standard InChI is InChI=1S/C25H28N6O2/c1-17-3-2-4-19(13-17)29-24-21-14-20(7-8-22(21)26-16-27-24)28-23(32)15-30-9-11-31(12-10-30)25(33)18-5-6-18/h2-4,7-8,13-14,16,18H,5-6,9-12,15H2,1H3,(H,28,32)(H,26,27,29). The maximum Gasteiger partial charge on any atom is 0.238 e. The molecule has 5 rings (SSSR count). The summed E-state index contributed by atoms with van der Waals surface area (Å²) in [5.74, 6) is 1.16. The Morgan fingerprint density at radius 2 is 1.82 bits per heavy atom. The van der Waals surface area contributed by atoms with Gasteiger partial charge in [-0.3, -0.25) is 14.5 Å². The molecule has 0 unspecified atom stereocenters. The molecule has 0 radical (unpaired) electrons. The number of rotatable bonds is 6. The monoisotopic (exact) mass is 444 g/mol. The third kappa shape index (κ3) is 5.12. The van der Waals surface area contributed by atoms with Crippen molar-refractivity contribution >= 4 is 39.9 Å². The van der Waals surface area contributed by atoms with Crippen molar-refractivity contribution in [3.63, 3.8) is 0 Å². The summed E-state index contributed by atoms with van der Waals surface area (Å²) in [7, 11) is 0. The number of hydrogen-bond acceptors (Lipinski definition) is 6. The zero-order valence-electron chi connectivity index (χ0n) is 18.8. The maximum atomic E-state index is 12.7. The number of piperazine rings is 1. The lowest BCUT2D eigenvalue weighted by Gasteiger charge is -2.34. The number of nitrogens with one attached hydrogen (secondary N) is 2. The van der Waals surface area contributed by atoms with E-state index >= 15 is 0 Å². The minimum Gasteiger partial charge on any atom is -0.340 e. The first-order chi connectivity index (χ1) is 16.0.